The number of carbonyl (C=O) groups excluding carboxylic acids is 1. The smallest absolute Gasteiger partial charge is 0.224 e. The van der Waals surface area contributed by atoms with Gasteiger partial charge in [0.05, 0.1) is 5.52 Å². The molecule has 5 heteroatoms. The molecule has 2 rings (SSSR count). The van der Waals surface area contributed by atoms with E-state index in [0.29, 0.717) is 18.7 Å². The summed E-state index contributed by atoms with van der Waals surface area (Å²) in [6.45, 7) is 6.11. The van der Waals surface area contributed by atoms with E-state index in [-0.39, 0.29) is 5.91 Å². The number of hydrogen-bond acceptors (Lipinski definition) is 4. The molecule has 0 radical (unpaired) electrons. The summed E-state index contributed by atoms with van der Waals surface area (Å²) >= 11 is 0. The number of rotatable bonds is 6. The Balaban J connectivity index is 2.02. The van der Waals surface area contributed by atoms with Crippen LogP contribution in [0.25, 0.3) is 10.9 Å². The number of nitrogen functional groups attached to an aromatic ring is 1. The minimum Gasteiger partial charge on any atom is -0.399 e. The third-order valence-electron chi connectivity index (χ3n) is 3.54. The molecule has 1 aromatic carbocycles. The van der Waals surface area contributed by atoms with Crippen LogP contribution in [-0.2, 0) is 4.79 Å². The molecule has 0 unspecified atom stereocenters. The molecule has 1 aromatic heterocycles. The lowest BCUT2D eigenvalue weighted by Crippen LogP contribution is -2.31. The third-order valence-corrected chi connectivity index (χ3v) is 3.54. The Morgan fingerprint density at radius 1 is 1.29 bits per heavy atom. The van der Waals surface area contributed by atoms with Gasteiger partial charge in [-0.2, -0.15) is 0 Å². The molecule has 0 atom stereocenters. The highest BCUT2D eigenvalue weighted by atomic mass is 16.2. The van der Waals surface area contributed by atoms with Gasteiger partial charge in [-0.25, -0.2) is 0 Å². The maximum atomic E-state index is 12.0. The van der Waals surface area contributed by atoms with Gasteiger partial charge >= 0.3 is 0 Å². The summed E-state index contributed by atoms with van der Waals surface area (Å²) < 4.78 is 0. The van der Waals surface area contributed by atoms with Crippen LogP contribution in [-0.4, -0.2) is 35.4 Å². The van der Waals surface area contributed by atoms with Crippen molar-refractivity contribution in [1.82, 2.24) is 9.88 Å². The van der Waals surface area contributed by atoms with Crippen molar-refractivity contribution in [3.05, 3.63) is 30.5 Å². The lowest BCUT2D eigenvalue weighted by atomic mass is 10.1. The number of fused-ring (bicyclic) bond motifs is 1. The van der Waals surface area contributed by atoms with E-state index in [0.717, 1.165) is 29.7 Å². The van der Waals surface area contributed by atoms with Crippen LogP contribution in [0.15, 0.2) is 30.5 Å². The molecule has 1 amide bonds. The summed E-state index contributed by atoms with van der Waals surface area (Å²) in [7, 11) is 0. The van der Waals surface area contributed by atoms with Crippen molar-refractivity contribution < 1.29 is 4.79 Å². The number of nitrogens with zero attached hydrogens (tertiary/aromatic N) is 2. The van der Waals surface area contributed by atoms with Gasteiger partial charge < -0.3 is 16.0 Å². The molecule has 0 aliphatic rings. The van der Waals surface area contributed by atoms with Gasteiger partial charge in [0.1, 0.15) is 0 Å². The molecule has 1 heterocycles. The number of benzene rings is 1. The van der Waals surface area contributed by atoms with Crippen LogP contribution >= 0.6 is 0 Å². The fourth-order valence-electron chi connectivity index (χ4n) is 2.36. The zero-order valence-corrected chi connectivity index (χ0v) is 12.6. The number of hydrogen-bond donors (Lipinski definition) is 2. The molecule has 0 bridgehead atoms. The van der Waals surface area contributed by atoms with Gasteiger partial charge in [0.15, 0.2) is 0 Å². The quantitative estimate of drug-likeness (QED) is 0.800. The maximum Gasteiger partial charge on any atom is 0.224 e. The average molecular weight is 286 g/mol. The highest BCUT2D eigenvalue weighted by Crippen LogP contribution is 2.23. The van der Waals surface area contributed by atoms with E-state index in [1.165, 1.54) is 0 Å². The lowest BCUT2D eigenvalue weighted by molar-refractivity contribution is -0.130. The molecule has 0 spiro atoms. The second-order valence-electron chi connectivity index (χ2n) is 4.88. The van der Waals surface area contributed by atoms with Crippen LogP contribution in [0.1, 0.15) is 20.3 Å². The first-order valence-corrected chi connectivity index (χ1v) is 7.31. The number of pyridine rings is 1. The number of nitrogens with one attached hydrogen (secondary N) is 1. The Hall–Kier alpha value is -2.30. The second kappa shape index (κ2) is 6.92. The first kappa shape index (κ1) is 15.1. The van der Waals surface area contributed by atoms with Gasteiger partial charge in [-0.3, -0.25) is 9.78 Å². The topological polar surface area (TPSA) is 71.2 Å². The van der Waals surface area contributed by atoms with Crippen molar-refractivity contribution in [2.45, 2.75) is 20.3 Å². The van der Waals surface area contributed by atoms with Crippen molar-refractivity contribution >= 4 is 28.2 Å². The zero-order chi connectivity index (χ0) is 15.2. The van der Waals surface area contributed by atoms with Gasteiger partial charge in [0, 0.05) is 49.0 Å². The summed E-state index contributed by atoms with van der Waals surface area (Å²) in [6.07, 6.45) is 2.23. The van der Waals surface area contributed by atoms with Crippen molar-refractivity contribution in [3.63, 3.8) is 0 Å². The predicted molar refractivity (Wildman–Crippen MR) is 87.2 cm³/mol. The van der Waals surface area contributed by atoms with Crippen molar-refractivity contribution in [3.8, 4) is 0 Å². The van der Waals surface area contributed by atoms with E-state index in [4.69, 9.17) is 5.73 Å². The summed E-state index contributed by atoms with van der Waals surface area (Å²) in [5.41, 5.74) is 8.30. The molecular weight excluding hydrogens is 264 g/mol. The fraction of sp³-hybridized carbons (Fsp3) is 0.375. The lowest BCUT2D eigenvalue weighted by Gasteiger charge is -2.19. The van der Waals surface area contributed by atoms with E-state index in [1.807, 2.05) is 43.0 Å². The summed E-state index contributed by atoms with van der Waals surface area (Å²) in [4.78, 5) is 18.1. The molecule has 0 aliphatic heterocycles. The molecule has 21 heavy (non-hydrogen) atoms. The molecule has 0 saturated carbocycles. The van der Waals surface area contributed by atoms with Crippen LogP contribution in [0.2, 0.25) is 0 Å². The summed E-state index contributed by atoms with van der Waals surface area (Å²) in [5.74, 6) is 0.176. The minimum absolute atomic E-state index is 0.176. The molecule has 5 nitrogen and oxygen atoms in total. The standard InChI is InChI=1S/C16H22N4O/c1-3-20(4-2)16(21)8-10-18-14-7-9-19-15-11-12(17)5-6-13(14)15/h5-7,9,11H,3-4,8,10,17H2,1-2H3,(H,18,19). The third kappa shape index (κ3) is 3.62. The van der Waals surface area contributed by atoms with Gasteiger partial charge in [-0.15, -0.1) is 0 Å². The van der Waals surface area contributed by atoms with E-state index in [2.05, 4.69) is 10.3 Å². The van der Waals surface area contributed by atoms with E-state index in [1.54, 1.807) is 6.20 Å². The number of nitrogens with two attached hydrogens (primary N) is 1. The van der Waals surface area contributed by atoms with Crippen LogP contribution in [0.5, 0.6) is 0 Å². The van der Waals surface area contributed by atoms with E-state index < -0.39 is 0 Å². The second-order valence-corrected chi connectivity index (χ2v) is 4.88. The van der Waals surface area contributed by atoms with Crippen LogP contribution in [0.4, 0.5) is 11.4 Å². The van der Waals surface area contributed by atoms with Gasteiger partial charge in [-0.1, -0.05) is 0 Å². The number of aromatic nitrogens is 1. The zero-order valence-electron chi connectivity index (χ0n) is 12.6. The Morgan fingerprint density at radius 3 is 2.76 bits per heavy atom. The normalized spacial score (nSPS) is 10.6. The van der Waals surface area contributed by atoms with Gasteiger partial charge in [-0.05, 0) is 38.1 Å². The van der Waals surface area contributed by atoms with Crippen LogP contribution in [0, 0.1) is 0 Å². The SMILES string of the molecule is CCN(CC)C(=O)CCNc1ccnc2cc(N)ccc12. The van der Waals surface area contributed by atoms with Crippen LogP contribution in [0.3, 0.4) is 0 Å². The van der Waals surface area contributed by atoms with Crippen molar-refractivity contribution in [2.75, 3.05) is 30.7 Å². The number of anilines is 2. The Bertz CT molecular complexity index is 623. The maximum absolute atomic E-state index is 12.0. The summed E-state index contributed by atoms with van der Waals surface area (Å²) in [5, 5.41) is 4.33. The average Bonchev–Trinajstić information content (AvgIpc) is 2.48. The number of carbonyl (C=O) groups is 1. The monoisotopic (exact) mass is 286 g/mol. The Kier molecular flexibility index (Phi) is 4.98. The molecule has 3 N–H and O–H groups in total. The largest absolute Gasteiger partial charge is 0.399 e. The molecule has 0 saturated heterocycles. The molecule has 0 fully saturated rings. The molecule has 2 aromatic rings. The number of amides is 1. The molecule has 0 aliphatic carbocycles. The van der Waals surface area contributed by atoms with Crippen LogP contribution < -0.4 is 11.1 Å². The van der Waals surface area contributed by atoms with Gasteiger partial charge in [0.2, 0.25) is 5.91 Å². The highest BCUT2D eigenvalue weighted by molar-refractivity contribution is 5.92. The fourth-order valence-corrected chi connectivity index (χ4v) is 2.36. The Labute approximate surface area is 125 Å². The summed E-state index contributed by atoms with van der Waals surface area (Å²) in [6, 6.07) is 7.57. The minimum atomic E-state index is 0.176. The Morgan fingerprint density at radius 2 is 2.05 bits per heavy atom. The van der Waals surface area contributed by atoms with E-state index in [9.17, 15) is 4.79 Å². The van der Waals surface area contributed by atoms with Gasteiger partial charge in [0.25, 0.3) is 0 Å². The predicted octanol–water partition coefficient (Wildman–Crippen LogP) is 2.49. The van der Waals surface area contributed by atoms with E-state index >= 15 is 0 Å². The van der Waals surface area contributed by atoms with Crippen molar-refractivity contribution in [2.24, 2.45) is 0 Å². The first-order valence-electron chi connectivity index (χ1n) is 7.31. The highest BCUT2D eigenvalue weighted by Gasteiger charge is 2.09. The molecular formula is C16H22N4O. The van der Waals surface area contributed by atoms with Crippen molar-refractivity contribution in [1.29, 1.82) is 0 Å². The first-order chi connectivity index (χ1) is 10.2. The molecule has 112 valence electrons.